The minimum absolute atomic E-state index is 0.247. The molecule has 4 heteroatoms. The van der Waals surface area contributed by atoms with Gasteiger partial charge in [-0.05, 0) is 48.9 Å². The van der Waals surface area contributed by atoms with Gasteiger partial charge in [0, 0.05) is 11.7 Å². The van der Waals surface area contributed by atoms with Crippen LogP contribution in [0.2, 0.25) is 0 Å². The van der Waals surface area contributed by atoms with Crippen LogP contribution in [-0.4, -0.2) is 18.6 Å². The number of nitrogens with one attached hydrogen (secondary N) is 1. The highest BCUT2D eigenvalue weighted by atomic mass is 16.5. The van der Waals surface area contributed by atoms with Crippen LogP contribution in [-0.2, 0) is 4.79 Å². The highest BCUT2D eigenvalue weighted by Gasteiger charge is 2.27. The molecule has 0 aromatic heterocycles. The summed E-state index contributed by atoms with van der Waals surface area (Å²) in [7, 11) is 0. The molecule has 2 rings (SSSR count). The molecule has 0 heterocycles. The van der Waals surface area contributed by atoms with E-state index in [1.165, 1.54) is 25.7 Å². The van der Waals surface area contributed by atoms with Gasteiger partial charge in [-0.15, -0.1) is 0 Å². The SMILES string of the molecule is CC1(C)CCCC(Nc2ccc(OCCC(N)=O)cc2)C1. The van der Waals surface area contributed by atoms with E-state index in [9.17, 15) is 4.79 Å². The smallest absolute Gasteiger partial charge is 0.220 e. The van der Waals surface area contributed by atoms with Crippen molar-refractivity contribution in [1.82, 2.24) is 0 Å². The minimum atomic E-state index is -0.340. The lowest BCUT2D eigenvalue weighted by Crippen LogP contribution is -2.31. The van der Waals surface area contributed by atoms with Crippen molar-refractivity contribution < 1.29 is 9.53 Å². The molecule has 0 radical (unpaired) electrons. The lowest BCUT2D eigenvalue weighted by atomic mass is 9.75. The fraction of sp³-hybridized carbons (Fsp3) is 0.588. The molecule has 3 N–H and O–H groups in total. The first-order valence-corrected chi connectivity index (χ1v) is 7.72. The van der Waals surface area contributed by atoms with Crippen molar-refractivity contribution in [2.75, 3.05) is 11.9 Å². The Balaban J connectivity index is 1.83. The van der Waals surface area contributed by atoms with Crippen LogP contribution in [0.5, 0.6) is 5.75 Å². The van der Waals surface area contributed by atoms with Gasteiger partial charge in [-0.25, -0.2) is 0 Å². The van der Waals surface area contributed by atoms with Crippen molar-refractivity contribution in [3.05, 3.63) is 24.3 Å². The number of rotatable bonds is 6. The van der Waals surface area contributed by atoms with Crippen molar-refractivity contribution >= 4 is 11.6 Å². The fourth-order valence-corrected chi connectivity index (χ4v) is 2.97. The molecule has 21 heavy (non-hydrogen) atoms. The molecule has 0 aliphatic heterocycles. The van der Waals surface area contributed by atoms with Gasteiger partial charge in [-0.2, -0.15) is 0 Å². The van der Waals surface area contributed by atoms with Crippen LogP contribution in [0.15, 0.2) is 24.3 Å². The largest absolute Gasteiger partial charge is 0.493 e. The Hall–Kier alpha value is -1.71. The zero-order valence-corrected chi connectivity index (χ0v) is 13.0. The summed E-state index contributed by atoms with van der Waals surface area (Å²) in [4.78, 5) is 10.6. The first kappa shape index (κ1) is 15.7. The topological polar surface area (TPSA) is 64.3 Å². The maximum absolute atomic E-state index is 10.6. The predicted molar refractivity (Wildman–Crippen MR) is 85.4 cm³/mol. The van der Waals surface area contributed by atoms with E-state index in [-0.39, 0.29) is 12.3 Å². The molecule has 1 aromatic rings. The number of primary amides is 1. The van der Waals surface area contributed by atoms with Crippen molar-refractivity contribution in [3.8, 4) is 5.75 Å². The summed E-state index contributed by atoms with van der Waals surface area (Å²) < 4.78 is 5.47. The molecule has 1 amide bonds. The average molecular weight is 290 g/mol. The van der Waals surface area contributed by atoms with Crippen molar-refractivity contribution in [2.24, 2.45) is 11.1 Å². The van der Waals surface area contributed by atoms with Gasteiger partial charge in [-0.3, -0.25) is 4.79 Å². The van der Waals surface area contributed by atoms with E-state index in [2.05, 4.69) is 19.2 Å². The van der Waals surface area contributed by atoms with Crippen LogP contribution in [0, 0.1) is 5.41 Å². The van der Waals surface area contributed by atoms with Crippen LogP contribution in [0.25, 0.3) is 0 Å². The van der Waals surface area contributed by atoms with Gasteiger partial charge in [0.1, 0.15) is 5.75 Å². The van der Waals surface area contributed by atoms with Gasteiger partial charge in [0.15, 0.2) is 0 Å². The first-order valence-electron chi connectivity index (χ1n) is 7.72. The Kier molecular flexibility index (Phi) is 5.10. The van der Waals surface area contributed by atoms with Gasteiger partial charge in [0.2, 0.25) is 5.91 Å². The van der Waals surface area contributed by atoms with Crippen LogP contribution in [0.3, 0.4) is 0 Å². The summed E-state index contributed by atoms with van der Waals surface area (Å²) in [6.07, 6.45) is 5.30. The zero-order chi connectivity index (χ0) is 15.3. The third-order valence-electron chi connectivity index (χ3n) is 4.05. The summed E-state index contributed by atoms with van der Waals surface area (Å²) >= 11 is 0. The second-order valence-electron chi connectivity index (χ2n) is 6.69. The molecule has 1 atom stereocenters. The summed E-state index contributed by atoms with van der Waals surface area (Å²) in [5.41, 5.74) is 6.64. The van der Waals surface area contributed by atoms with E-state index in [1.54, 1.807) is 0 Å². The van der Waals surface area contributed by atoms with E-state index in [1.807, 2.05) is 24.3 Å². The predicted octanol–water partition coefficient (Wildman–Crippen LogP) is 3.32. The Morgan fingerprint density at radius 3 is 2.71 bits per heavy atom. The number of ether oxygens (including phenoxy) is 1. The molecule has 1 fully saturated rings. The van der Waals surface area contributed by atoms with Gasteiger partial charge >= 0.3 is 0 Å². The summed E-state index contributed by atoms with van der Waals surface area (Å²) in [6.45, 7) is 5.02. The minimum Gasteiger partial charge on any atom is -0.493 e. The third-order valence-corrected chi connectivity index (χ3v) is 4.05. The molecule has 0 saturated heterocycles. The maximum Gasteiger partial charge on any atom is 0.220 e. The summed E-state index contributed by atoms with van der Waals surface area (Å²) in [6, 6.07) is 8.46. The molecular weight excluding hydrogens is 264 g/mol. The quantitative estimate of drug-likeness (QED) is 0.844. The number of hydrogen-bond donors (Lipinski definition) is 2. The van der Waals surface area contributed by atoms with E-state index in [4.69, 9.17) is 10.5 Å². The summed E-state index contributed by atoms with van der Waals surface area (Å²) in [5, 5.41) is 3.61. The first-order chi connectivity index (χ1) is 9.94. The van der Waals surface area contributed by atoms with Gasteiger partial charge in [-0.1, -0.05) is 20.3 Å². The van der Waals surface area contributed by atoms with Crippen LogP contribution in [0.1, 0.15) is 46.0 Å². The monoisotopic (exact) mass is 290 g/mol. The van der Waals surface area contributed by atoms with Crippen molar-refractivity contribution in [1.29, 1.82) is 0 Å². The Bertz CT molecular complexity index is 468. The number of amides is 1. The lowest BCUT2D eigenvalue weighted by Gasteiger charge is -2.36. The van der Waals surface area contributed by atoms with E-state index >= 15 is 0 Å². The second kappa shape index (κ2) is 6.83. The highest BCUT2D eigenvalue weighted by molar-refractivity contribution is 5.73. The molecular formula is C17H26N2O2. The van der Waals surface area contributed by atoms with E-state index in [0.717, 1.165) is 11.4 Å². The number of benzene rings is 1. The number of anilines is 1. The van der Waals surface area contributed by atoms with Crippen LogP contribution >= 0.6 is 0 Å². The average Bonchev–Trinajstić information content (AvgIpc) is 2.39. The van der Waals surface area contributed by atoms with Crippen LogP contribution < -0.4 is 15.8 Å². The Morgan fingerprint density at radius 2 is 2.10 bits per heavy atom. The molecule has 0 spiro atoms. The molecule has 116 valence electrons. The number of hydrogen-bond acceptors (Lipinski definition) is 3. The molecule has 1 aliphatic carbocycles. The van der Waals surface area contributed by atoms with Gasteiger partial charge in [0.05, 0.1) is 13.0 Å². The fourth-order valence-electron chi connectivity index (χ4n) is 2.97. The van der Waals surface area contributed by atoms with E-state index < -0.39 is 0 Å². The highest BCUT2D eigenvalue weighted by Crippen LogP contribution is 2.36. The molecule has 0 bridgehead atoms. The van der Waals surface area contributed by atoms with Gasteiger partial charge < -0.3 is 15.8 Å². The molecule has 1 aromatic carbocycles. The lowest BCUT2D eigenvalue weighted by molar-refractivity contribution is -0.118. The third kappa shape index (κ3) is 5.29. The Labute approximate surface area is 127 Å². The van der Waals surface area contributed by atoms with Crippen LogP contribution in [0.4, 0.5) is 5.69 Å². The maximum atomic E-state index is 10.6. The van der Waals surface area contributed by atoms with Crippen molar-refractivity contribution in [2.45, 2.75) is 52.0 Å². The number of nitrogens with two attached hydrogens (primary N) is 1. The van der Waals surface area contributed by atoms with Crippen molar-refractivity contribution in [3.63, 3.8) is 0 Å². The van der Waals surface area contributed by atoms with E-state index in [0.29, 0.717) is 18.1 Å². The number of carbonyl (C=O) groups is 1. The zero-order valence-electron chi connectivity index (χ0n) is 13.0. The van der Waals surface area contributed by atoms with Gasteiger partial charge in [0.25, 0.3) is 0 Å². The normalized spacial score (nSPS) is 20.8. The summed E-state index contributed by atoms with van der Waals surface area (Å²) in [5.74, 6) is 0.430. The number of carbonyl (C=O) groups excluding carboxylic acids is 1. The second-order valence-corrected chi connectivity index (χ2v) is 6.69. The Morgan fingerprint density at radius 1 is 1.38 bits per heavy atom. The molecule has 1 unspecified atom stereocenters. The molecule has 4 nitrogen and oxygen atoms in total. The molecule has 1 aliphatic rings. The molecule has 1 saturated carbocycles. The standard InChI is InChI=1S/C17H26N2O2/c1-17(2)10-3-4-14(12-17)19-13-5-7-15(8-6-13)21-11-9-16(18)20/h5-8,14,19H,3-4,9-12H2,1-2H3,(H2,18,20).